The van der Waals surface area contributed by atoms with Gasteiger partial charge >= 0.3 is 0 Å². The summed E-state index contributed by atoms with van der Waals surface area (Å²) >= 11 is 0. The number of amides is 1. The molecule has 1 heterocycles. The second-order valence-corrected chi connectivity index (χ2v) is 5.57. The van der Waals surface area contributed by atoms with E-state index in [1.165, 1.54) is 0 Å². The minimum Gasteiger partial charge on any atom is -0.494 e. The van der Waals surface area contributed by atoms with Gasteiger partial charge in [0.25, 0.3) is 5.91 Å². The van der Waals surface area contributed by atoms with E-state index in [1.54, 1.807) is 12.1 Å². The van der Waals surface area contributed by atoms with Crippen molar-refractivity contribution in [2.24, 2.45) is 0 Å². The lowest BCUT2D eigenvalue weighted by Gasteiger charge is -2.26. The molecule has 0 aromatic heterocycles. The highest BCUT2D eigenvalue weighted by molar-refractivity contribution is 5.94. The molecule has 0 aliphatic carbocycles. The molecule has 1 aliphatic rings. The third-order valence-electron chi connectivity index (χ3n) is 3.85. The summed E-state index contributed by atoms with van der Waals surface area (Å²) in [7, 11) is 0. The zero-order valence-electron chi connectivity index (χ0n) is 13.2. The highest BCUT2D eigenvalue weighted by Gasteiger charge is 2.22. The third kappa shape index (κ3) is 3.65. The first kappa shape index (κ1) is 15.4. The minimum absolute atomic E-state index is 0.0107. The number of para-hydroxylation sites is 1. The predicted octanol–water partition coefficient (Wildman–Crippen LogP) is 3.73. The van der Waals surface area contributed by atoms with Gasteiger partial charge in [-0.05, 0) is 36.8 Å². The molecular weight excluding hydrogens is 290 g/mol. The van der Waals surface area contributed by atoms with Gasteiger partial charge in [0.1, 0.15) is 11.5 Å². The van der Waals surface area contributed by atoms with E-state index in [-0.39, 0.29) is 11.9 Å². The van der Waals surface area contributed by atoms with Crippen LogP contribution < -0.4 is 14.8 Å². The monoisotopic (exact) mass is 311 g/mol. The van der Waals surface area contributed by atoms with Gasteiger partial charge in [-0.25, -0.2) is 0 Å². The number of ether oxygens (including phenoxy) is 2. The Labute approximate surface area is 136 Å². The molecule has 2 aromatic rings. The van der Waals surface area contributed by atoms with Gasteiger partial charge in [0.2, 0.25) is 0 Å². The molecule has 0 saturated carbocycles. The molecule has 2 aromatic carbocycles. The summed E-state index contributed by atoms with van der Waals surface area (Å²) in [6.07, 6.45) is 1.74. The molecule has 0 bridgehead atoms. The molecule has 4 nitrogen and oxygen atoms in total. The molecule has 1 unspecified atom stereocenters. The van der Waals surface area contributed by atoms with E-state index in [1.807, 2.05) is 36.4 Å². The number of benzene rings is 2. The Kier molecular flexibility index (Phi) is 4.81. The number of carbonyl (C=O) groups excluding carboxylic acids is 1. The van der Waals surface area contributed by atoms with Crippen molar-refractivity contribution in [3.63, 3.8) is 0 Å². The molecule has 4 heteroatoms. The van der Waals surface area contributed by atoms with Crippen LogP contribution in [0, 0.1) is 0 Å². The normalized spacial score (nSPS) is 16.1. The van der Waals surface area contributed by atoms with Gasteiger partial charge in [-0.3, -0.25) is 4.79 Å². The molecule has 3 rings (SSSR count). The Bertz CT molecular complexity index is 667. The number of nitrogens with one attached hydrogen (secondary N) is 1. The Morgan fingerprint density at radius 2 is 2.00 bits per heavy atom. The molecule has 0 fully saturated rings. The highest BCUT2D eigenvalue weighted by atomic mass is 16.5. The van der Waals surface area contributed by atoms with Crippen molar-refractivity contribution in [3.05, 3.63) is 59.7 Å². The lowest BCUT2D eigenvalue weighted by atomic mass is 10.00. The van der Waals surface area contributed by atoms with E-state index in [0.29, 0.717) is 18.8 Å². The van der Waals surface area contributed by atoms with Crippen LogP contribution in [-0.4, -0.2) is 19.1 Å². The van der Waals surface area contributed by atoms with Crippen LogP contribution in [0.15, 0.2) is 48.5 Å². The van der Waals surface area contributed by atoms with Gasteiger partial charge in [-0.2, -0.15) is 0 Å². The number of rotatable bonds is 5. The third-order valence-corrected chi connectivity index (χ3v) is 3.85. The first-order valence-electron chi connectivity index (χ1n) is 8.03. The van der Waals surface area contributed by atoms with Crippen molar-refractivity contribution in [2.75, 3.05) is 13.2 Å². The predicted molar refractivity (Wildman–Crippen MR) is 89.0 cm³/mol. The first-order valence-corrected chi connectivity index (χ1v) is 8.03. The van der Waals surface area contributed by atoms with Crippen LogP contribution in [0.4, 0.5) is 0 Å². The minimum atomic E-state index is -0.0752. The Morgan fingerprint density at radius 3 is 2.78 bits per heavy atom. The van der Waals surface area contributed by atoms with E-state index >= 15 is 0 Å². The summed E-state index contributed by atoms with van der Waals surface area (Å²) in [5.41, 5.74) is 1.67. The standard InChI is InChI=1S/C19H21NO3/c1-2-12-22-15-9-7-14(8-10-15)19(21)20-17-11-13-23-18-6-4-3-5-16(17)18/h3-10,17H,2,11-13H2,1H3,(H,20,21). The van der Waals surface area contributed by atoms with E-state index in [9.17, 15) is 4.79 Å². The fraction of sp³-hybridized carbons (Fsp3) is 0.316. The van der Waals surface area contributed by atoms with Crippen LogP contribution in [0.1, 0.15) is 41.7 Å². The van der Waals surface area contributed by atoms with Crippen LogP contribution in [-0.2, 0) is 0 Å². The van der Waals surface area contributed by atoms with Crippen LogP contribution in [0.5, 0.6) is 11.5 Å². The molecule has 23 heavy (non-hydrogen) atoms. The zero-order chi connectivity index (χ0) is 16.1. The summed E-state index contributed by atoms with van der Waals surface area (Å²) < 4.78 is 11.2. The average molecular weight is 311 g/mol. The maximum Gasteiger partial charge on any atom is 0.251 e. The summed E-state index contributed by atoms with van der Waals surface area (Å²) in [6.45, 7) is 3.36. The van der Waals surface area contributed by atoms with Gasteiger partial charge in [0, 0.05) is 17.5 Å². The number of carbonyl (C=O) groups is 1. The second-order valence-electron chi connectivity index (χ2n) is 5.57. The molecule has 1 N–H and O–H groups in total. The number of hydrogen-bond donors (Lipinski definition) is 1. The van der Waals surface area contributed by atoms with Crippen molar-refractivity contribution in [3.8, 4) is 11.5 Å². The molecular formula is C19H21NO3. The van der Waals surface area contributed by atoms with Crippen LogP contribution in [0.25, 0.3) is 0 Å². The molecule has 120 valence electrons. The van der Waals surface area contributed by atoms with E-state index in [2.05, 4.69) is 12.2 Å². The van der Waals surface area contributed by atoms with Crippen molar-refractivity contribution < 1.29 is 14.3 Å². The Hall–Kier alpha value is -2.49. The topological polar surface area (TPSA) is 47.6 Å². The molecule has 0 saturated heterocycles. The summed E-state index contributed by atoms with van der Waals surface area (Å²) in [5, 5.41) is 3.09. The Morgan fingerprint density at radius 1 is 1.22 bits per heavy atom. The second kappa shape index (κ2) is 7.18. The van der Waals surface area contributed by atoms with Gasteiger partial charge in [0.15, 0.2) is 0 Å². The zero-order valence-corrected chi connectivity index (χ0v) is 13.2. The number of fused-ring (bicyclic) bond motifs is 1. The van der Waals surface area contributed by atoms with Gasteiger partial charge in [-0.15, -0.1) is 0 Å². The maximum atomic E-state index is 12.5. The Balaban J connectivity index is 1.68. The molecule has 0 spiro atoms. The van der Waals surface area contributed by atoms with Gasteiger partial charge < -0.3 is 14.8 Å². The quantitative estimate of drug-likeness (QED) is 0.915. The number of hydrogen-bond acceptors (Lipinski definition) is 3. The van der Waals surface area contributed by atoms with Crippen molar-refractivity contribution in [1.82, 2.24) is 5.32 Å². The van der Waals surface area contributed by atoms with Crippen LogP contribution >= 0.6 is 0 Å². The van der Waals surface area contributed by atoms with E-state index in [4.69, 9.17) is 9.47 Å². The summed E-state index contributed by atoms with van der Waals surface area (Å²) in [6, 6.07) is 15.1. The summed E-state index contributed by atoms with van der Waals surface area (Å²) in [4.78, 5) is 12.5. The fourth-order valence-corrected chi connectivity index (χ4v) is 2.66. The lowest BCUT2D eigenvalue weighted by molar-refractivity contribution is 0.0925. The molecule has 1 atom stereocenters. The van der Waals surface area contributed by atoms with Crippen molar-refractivity contribution in [2.45, 2.75) is 25.8 Å². The van der Waals surface area contributed by atoms with Crippen LogP contribution in [0.2, 0.25) is 0 Å². The van der Waals surface area contributed by atoms with E-state index < -0.39 is 0 Å². The lowest BCUT2D eigenvalue weighted by Crippen LogP contribution is -2.32. The maximum absolute atomic E-state index is 12.5. The molecule has 1 aliphatic heterocycles. The van der Waals surface area contributed by atoms with Crippen molar-refractivity contribution in [1.29, 1.82) is 0 Å². The SMILES string of the molecule is CCCOc1ccc(C(=O)NC2CCOc3ccccc32)cc1. The van der Waals surface area contributed by atoms with Crippen LogP contribution in [0.3, 0.4) is 0 Å². The smallest absolute Gasteiger partial charge is 0.251 e. The molecule has 1 amide bonds. The average Bonchev–Trinajstić information content (AvgIpc) is 2.60. The van der Waals surface area contributed by atoms with Gasteiger partial charge in [-0.1, -0.05) is 25.1 Å². The largest absolute Gasteiger partial charge is 0.494 e. The van der Waals surface area contributed by atoms with Gasteiger partial charge in [0.05, 0.1) is 19.3 Å². The first-order chi connectivity index (χ1) is 11.3. The van der Waals surface area contributed by atoms with E-state index in [0.717, 1.165) is 29.9 Å². The fourth-order valence-electron chi connectivity index (χ4n) is 2.66. The molecule has 0 radical (unpaired) electrons. The highest BCUT2D eigenvalue weighted by Crippen LogP contribution is 2.31. The van der Waals surface area contributed by atoms with Crippen molar-refractivity contribution >= 4 is 5.91 Å². The summed E-state index contributed by atoms with van der Waals surface area (Å²) in [5.74, 6) is 1.57.